The van der Waals surface area contributed by atoms with Gasteiger partial charge >= 0.3 is 5.97 Å². The van der Waals surface area contributed by atoms with Gasteiger partial charge in [-0.25, -0.2) is 0 Å². The molecule has 0 spiro atoms. The lowest BCUT2D eigenvalue weighted by Crippen LogP contribution is -2.46. The highest BCUT2D eigenvalue weighted by Gasteiger charge is 2.23. The van der Waals surface area contributed by atoms with Crippen molar-refractivity contribution in [3.8, 4) is 0 Å². The van der Waals surface area contributed by atoms with Gasteiger partial charge in [-0.15, -0.1) is 0 Å². The smallest absolute Gasteiger partial charge is 0.305 e. The maximum absolute atomic E-state index is 11.6. The molecule has 104 valence electrons. The molecule has 1 unspecified atom stereocenters. The van der Waals surface area contributed by atoms with Crippen LogP contribution in [0.25, 0.3) is 0 Å². The molecule has 6 heteroatoms. The number of rotatable bonds is 6. The number of hydrogen-bond donors (Lipinski definition) is 3. The molecule has 1 amide bonds. The second-order valence-corrected chi connectivity index (χ2v) is 5.04. The normalized spacial score (nSPS) is 12.8. The maximum atomic E-state index is 11.6. The van der Waals surface area contributed by atoms with Gasteiger partial charge < -0.3 is 16.2 Å². The van der Waals surface area contributed by atoms with E-state index in [1.165, 1.54) is 0 Å². The van der Waals surface area contributed by atoms with Gasteiger partial charge in [-0.1, -0.05) is 13.8 Å². The predicted molar refractivity (Wildman–Crippen MR) is 70.5 cm³/mol. The van der Waals surface area contributed by atoms with Crippen LogP contribution in [-0.4, -0.2) is 34.6 Å². The zero-order valence-electron chi connectivity index (χ0n) is 11.1. The highest BCUT2D eigenvalue weighted by molar-refractivity contribution is 5.85. The van der Waals surface area contributed by atoms with Crippen molar-refractivity contribution in [2.24, 2.45) is 5.73 Å². The third-order valence-corrected chi connectivity index (χ3v) is 2.90. The standard InChI is InChI=1S/C13H19N3O3/c1-13(2,9-3-5-15-6-4-9)8-16-12(19)10(14)7-11(17)18/h3-6,10H,7-8,14H2,1-2H3,(H,16,19)(H,17,18). The lowest BCUT2D eigenvalue weighted by molar-refractivity contribution is -0.139. The van der Waals surface area contributed by atoms with Gasteiger partial charge in [-0.05, 0) is 17.7 Å². The summed E-state index contributed by atoms with van der Waals surface area (Å²) in [5, 5.41) is 11.3. The van der Waals surface area contributed by atoms with E-state index < -0.39 is 17.9 Å². The topological polar surface area (TPSA) is 105 Å². The monoisotopic (exact) mass is 265 g/mol. The molecule has 0 radical (unpaired) electrons. The number of pyridine rings is 1. The Morgan fingerprint density at radius 1 is 1.42 bits per heavy atom. The van der Waals surface area contributed by atoms with E-state index in [1.807, 2.05) is 26.0 Å². The number of carboxylic acids is 1. The average molecular weight is 265 g/mol. The molecule has 6 nitrogen and oxygen atoms in total. The van der Waals surface area contributed by atoms with E-state index in [2.05, 4.69) is 10.3 Å². The summed E-state index contributed by atoms with van der Waals surface area (Å²) >= 11 is 0. The van der Waals surface area contributed by atoms with Crippen LogP contribution in [0.5, 0.6) is 0 Å². The number of nitrogens with zero attached hydrogens (tertiary/aromatic N) is 1. The van der Waals surface area contributed by atoms with Gasteiger partial charge in [0.15, 0.2) is 0 Å². The first-order valence-electron chi connectivity index (χ1n) is 5.98. The molecule has 0 bridgehead atoms. The van der Waals surface area contributed by atoms with Crippen molar-refractivity contribution in [3.63, 3.8) is 0 Å². The number of nitrogens with one attached hydrogen (secondary N) is 1. The molecule has 1 atom stereocenters. The van der Waals surface area contributed by atoms with Crippen molar-refractivity contribution >= 4 is 11.9 Å². The molecule has 0 aliphatic rings. The Labute approximate surface area is 112 Å². The molecule has 1 aromatic heterocycles. The Bertz CT molecular complexity index is 446. The SMILES string of the molecule is CC(C)(CNC(=O)C(N)CC(=O)O)c1ccncc1. The van der Waals surface area contributed by atoms with E-state index in [4.69, 9.17) is 10.8 Å². The summed E-state index contributed by atoms with van der Waals surface area (Å²) in [6, 6.07) is 2.73. The number of carboxylic acid groups (broad SMARTS) is 1. The summed E-state index contributed by atoms with van der Waals surface area (Å²) < 4.78 is 0. The Morgan fingerprint density at radius 3 is 2.53 bits per heavy atom. The zero-order chi connectivity index (χ0) is 14.5. The van der Waals surface area contributed by atoms with E-state index in [1.54, 1.807) is 12.4 Å². The lowest BCUT2D eigenvalue weighted by Gasteiger charge is -2.26. The van der Waals surface area contributed by atoms with Crippen LogP contribution in [0.15, 0.2) is 24.5 Å². The van der Waals surface area contributed by atoms with Gasteiger partial charge in [-0.3, -0.25) is 14.6 Å². The lowest BCUT2D eigenvalue weighted by atomic mass is 9.85. The highest BCUT2D eigenvalue weighted by atomic mass is 16.4. The second kappa shape index (κ2) is 6.29. The molecule has 0 aliphatic heterocycles. The van der Waals surface area contributed by atoms with Crippen molar-refractivity contribution in [2.45, 2.75) is 31.7 Å². The van der Waals surface area contributed by atoms with Crippen molar-refractivity contribution in [1.82, 2.24) is 10.3 Å². The van der Waals surface area contributed by atoms with Crippen molar-refractivity contribution in [3.05, 3.63) is 30.1 Å². The predicted octanol–water partition coefficient (Wildman–Crippen LogP) is 0.277. The first-order valence-corrected chi connectivity index (χ1v) is 5.98. The number of amides is 1. The number of aromatic nitrogens is 1. The Balaban J connectivity index is 2.56. The van der Waals surface area contributed by atoms with E-state index in [0.29, 0.717) is 6.54 Å². The molecule has 4 N–H and O–H groups in total. The van der Waals surface area contributed by atoms with Crippen LogP contribution >= 0.6 is 0 Å². The fourth-order valence-electron chi connectivity index (χ4n) is 1.63. The third kappa shape index (κ3) is 4.67. The molecule has 1 rings (SSSR count). The molecule has 0 aliphatic carbocycles. The Hall–Kier alpha value is -1.95. The summed E-state index contributed by atoms with van der Waals surface area (Å²) in [6.45, 7) is 4.33. The highest BCUT2D eigenvalue weighted by Crippen LogP contribution is 2.21. The van der Waals surface area contributed by atoms with Crippen molar-refractivity contribution in [1.29, 1.82) is 0 Å². The zero-order valence-corrected chi connectivity index (χ0v) is 11.1. The summed E-state index contributed by atoms with van der Waals surface area (Å²) in [5.74, 6) is -1.54. The minimum absolute atomic E-state index is 0.276. The van der Waals surface area contributed by atoms with Gasteiger partial charge in [0.05, 0.1) is 12.5 Å². The van der Waals surface area contributed by atoms with E-state index in [9.17, 15) is 9.59 Å². The van der Waals surface area contributed by atoms with Crippen LogP contribution in [0.2, 0.25) is 0 Å². The van der Waals surface area contributed by atoms with E-state index >= 15 is 0 Å². The van der Waals surface area contributed by atoms with Crippen LogP contribution in [-0.2, 0) is 15.0 Å². The van der Waals surface area contributed by atoms with Crippen molar-refractivity contribution in [2.75, 3.05) is 6.54 Å². The Morgan fingerprint density at radius 2 is 2.00 bits per heavy atom. The van der Waals surface area contributed by atoms with Crippen molar-refractivity contribution < 1.29 is 14.7 Å². The second-order valence-electron chi connectivity index (χ2n) is 5.04. The quantitative estimate of drug-likeness (QED) is 0.685. The largest absolute Gasteiger partial charge is 0.481 e. The molecule has 0 aromatic carbocycles. The van der Waals surface area contributed by atoms with Gasteiger partial charge in [-0.2, -0.15) is 0 Å². The minimum atomic E-state index is -1.09. The van der Waals surface area contributed by atoms with Gasteiger partial charge in [0.25, 0.3) is 0 Å². The molecule has 1 heterocycles. The van der Waals surface area contributed by atoms with Gasteiger partial charge in [0, 0.05) is 24.4 Å². The fraction of sp³-hybridized carbons (Fsp3) is 0.462. The number of carbonyl (C=O) groups excluding carboxylic acids is 1. The van der Waals surface area contributed by atoms with Crippen LogP contribution in [0.3, 0.4) is 0 Å². The van der Waals surface area contributed by atoms with Crippen LogP contribution in [0.4, 0.5) is 0 Å². The molecule has 19 heavy (non-hydrogen) atoms. The van der Waals surface area contributed by atoms with Gasteiger partial charge in [0.1, 0.15) is 0 Å². The average Bonchev–Trinajstić information content (AvgIpc) is 2.36. The molecular weight excluding hydrogens is 246 g/mol. The summed E-state index contributed by atoms with van der Waals surface area (Å²) in [5.41, 5.74) is 6.24. The molecule has 1 aromatic rings. The first kappa shape index (κ1) is 15.1. The molecule has 0 saturated heterocycles. The van der Waals surface area contributed by atoms with Crippen LogP contribution in [0, 0.1) is 0 Å². The summed E-state index contributed by atoms with van der Waals surface area (Å²) in [6.07, 6.45) is 3.01. The van der Waals surface area contributed by atoms with E-state index in [-0.39, 0.29) is 11.8 Å². The van der Waals surface area contributed by atoms with Crippen LogP contribution in [0.1, 0.15) is 25.8 Å². The first-order chi connectivity index (χ1) is 8.83. The maximum Gasteiger partial charge on any atom is 0.305 e. The number of aliphatic carboxylic acids is 1. The summed E-state index contributed by atoms with van der Waals surface area (Å²) in [7, 11) is 0. The molecule has 0 saturated carbocycles. The number of nitrogens with two attached hydrogens (primary N) is 1. The molecular formula is C13H19N3O3. The molecule has 0 fully saturated rings. The minimum Gasteiger partial charge on any atom is -0.481 e. The Kier molecular flexibility index (Phi) is 5.00. The van der Waals surface area contributed by atoms with Crippen LogP contribution < -0.4 is 11.1 Å². The van der Waals surface area contributed by atoms with E-state index in [0.717, 1.165) is 5.56 Å². The fourth-order valence-corrected chi connectivity index (χ4v) is 1.63. The number of carbonyl (C=O) groups is 2. The number of hydrogen-bond acceptors (Lipinski definition) is 4. The third-order valence-electron chi connectivity index (χ3n) is 2.90. The van der Waals surface area contributed by atoms with Gasteiger partial charge in [0.2, 0.25) is 5.91 Å². The summed E-state index contributed by atoms with van der Waals surface area (Å²) in [4.78, 5) is 26.1.